The van der Waals surface area contributed by atoms with Crippen molar-refractivity contribution in [2.45, 2.75) is 51.3 Å². The zero-order valence-electron chi connectivity index (χ0n) is 15.8. The number of hydrogen-bond donors (Lipinski definition) is 2. The van der Waals surface area contributed by atoms with Gasteiger partial charge in [0.15, 0.2) is 0 Å². The predicted molar refractivity (Wildman–Crippen MR) is 99.7 cm³/mol. The van der Waals surface area contributed by atoms with Gasteiger partial charge >= 0.3 is 12.1 Å². The largest absolute Gasteiger partial charge is 0.465 e. The number of carbonyl (C=O) groups excluding carboxylic acids is 1. The number of halogens is 3. The van der Waals surface area contributed by atoms with Crippen LogP contribution in [-0.4, -0.2) is 46.5 Å². The number of thiophene rings is 1. The molecular weight excluding hydrogens is 395 g/mol. The van der Waals surface area contributed by atoms with E-state index in [1.54, 1.807) is 13.8 Å². The van der Waals surface area contributed by atoms with Gasteiger partial charge in [-0.2, -0.15) is 13.2 Å². The molecule has 3 rings (SSSR count). The number of ether oxygens (including phenoxy) is 1. The van der Waals surface area contributed by atoms with Crippen LogP contribution >= 0.6 is 11.3 Å². The molecule has 2 N–H and O–H groups in total. The molecule has 10 heteroatoms. The highest BCUT2D eigenvalue weighted by atomic mass is 32.1. The average molecular weight is 417 g/mol. The Balaban J connectivity index is 1.88. The van der Waals surface area contributed by atoms with E-state index in [1.165, 1.54) is 18.4 Å². The van der Waals surface area contributed by atoms with Gasteiger partial charge in [0.25, 0.3) is 0 Å². The smallest absolute Gasteiger partial charge is 0.391 e. The topological polar surface area (TPSA) is 84.3 Å². The molecule has 2 atom stereocenters. The van der Waals surface area contributed by atoms with Crippen molar-refractivity contribution >= 4 is 33.3 Å². The lowest BCUT2D eigenvalue weighted by Crippen LogP contribution is -2.45. The Bertz CT molecular complexity index is 900. The van der Waals surface area contributed by atoms with Gasteiger partial charge < -0.3 is 15.2 Å². The number of nitrogens with zero attached hydrogens (tertiary/aromatic N) is 2. The van der Waals surface area contributed by atoms with Gasteiger partial charge in [0.1, 0.15) is 21.3 Å². The van der Waals surface area contributed by atoms with E-state index in [1.807, 2.05) is 0 Å². The number of nitrogens with one attached hydrogen (secondary N) is 1. The van der Waals surface area contributed by atoms with Crippen LogP contribution in [-0.2, 0) is 4.74 Å². The molecule has 0 aliphatic heterocycles. The van der Waals surface area contributed by atoms with Crippen LogP contribution in [0.1, 0.15) is 46.7 Å². The van der Waals surface area contributed by atoms with Gasteiger partial charge in [0.05, 0.1) is 24.0 Å². The van der Waals surface area contributed by atoms with Crippen molar-refractivity contribution in [1.82, 2.24) is 9.97 Å². The van der Waals surface area contributed by atoms with Crippen LogP contribution in [0.4, 0.5) is 19.0 Å². The molecule has 2 unspecified atom stereocenters. The molecule has 2 heterocycles. The summed E-state index contributed by atoms with van der Waals surface area (Å²) >= 11 is 1.17. The maximum absolute atomic E-state index is 13.1. The molecule has 154 valence electrons. The lowest BCUT2D eigenvalue weighted by molar-refractivity contribution is -0.199. The van der Waals surface area contributed by atoms with Gasteiger partial charge in [-0.1, -0.05) is 0 Å². The standard InChI is InChI=1S/C18H22F3N3O3S/c1-9-12-14(23-10(2)24-15(12)28-13(9)16(25)27-3)22-8-17(26)6-4-5-11(7-17)18(19,20)21/h11,26H,4-8H2,1-3H3,(H,22,23,24). The third kappa shape index (κ3) is 4.07. The summed E-state index contributed by atoms with van der Waals surface area (Å²) in [7, 11) is 1.29. The summed E-state index contributed by atoms with van der Waals surface area (Å²) in [5.41, 5.74) is -0.836. The quantitative estimate of drug-likeness (QED) is 0.732. The molecule has 0 saturated heterocycles. The third-order valence-corrected chi connectivity index (χ3v) is 6.31. The van der Waals surface area contributed by atoms with Gasteiger partial charge in [-0.15, -0.1) is 11.3 Å². The number of aliphatic hydroxyl groups is 1. The molecule has 2 aromatic rings. The Labute approximate surface area is 164 Å². The molecule has 6 nitrogen and oxygen atoms in total. The van der Waals surface area contributed by atoms with Crippen LogP contribution in [0.2, 0.25) is 0 Å². The van der Waals surface area contributed by atoms with Crippen molar-refractivity contribution in [2.24, 2.45) is 5.92 Å². The second-order valence-corrected chi connectivity index (χ2v) is 8.26. The van der Waals surface area contributed by atoms with Gasteiger partial charge in [0.2, 0.25) is 0 Å². The van der Waals surface area contributed by atoms with E-state index < -0.39 is 23.7 Å². The van der Waals surface area contributed by atoms with Crippen molar-refractivity contribution in [2.75, 3.05) is 19.0 Å². The Morgan fingerprint density at radius 2 is 2.11 bits per heavy atom. The number of hydrogen-bond acceptors (Lipinski definition) is 7. The zero-order valence-corrected chi connectivity index (χ0v) is 16.6. The first kappa shape index (κ1) is 20.8. The van der Waals surface area contributed by atoms with Gasteiger partial charge in [-0.3, -0.25) is 0 Å². The number of carbonyl (C=O) groups is 1. The Kier molecular flexibility index (Phi) is 5.55. The van der Waals surface area contributed by atoms with Crippen LogP contribution in [0, 0.1) is 19.8 Å². The fraction of sp³-hybridized carbons (Fsp3) is 0.611. The third-order valence-electron chi connectivity index (χ3n) is 5.14. The summed E-state index contributed by atoms with van der Waals surface area (Å²) in [4.78, 5) is 21.6. The molecule has 1 aliphatic rings. The van der Waals surface area contributed by atoms with E-state index in [2.05, 4.69) is 15.3 Å². The highest BCUT2D eigenvalue weighted by Gasteiger charge is 2.47. The Hall–Kier alpha value is -1.94. The maximum Gasteiger partial charge on any atom is 0.391 e. The van der Waals surface area contributed by atoms with Crippen LogP contribution in [0.3, 0.4) is 0 Å². The van der Waals surface area contributed by atoms with E-state index in [0.717, 1.165) is 0 Å². The minimum Gasteiger partial charge on any atom is -0.465 e. The monoisotopic (exact) mass is 417 g/mol. The number of alkyl halides is 3. The van der Waals surface area contributed by atoms with Gasteiger partial charge in [-0.25, -0.2) is 14.8 Å². The molecule has 0 amide bonds. The Morgan fingerprint density at radius 3 is 2.75 bits per heavy atom. The maximum atomic E-state index is 13.1. The molecule has 0 radical (unpaired) electrons. The highest BCUT2D eigenvalue weighted by molar-refractivity contribution is 7.20. The number of rotatable bonds is 4. The molecular formula is C18H22F3N3O3S. The van der Waals surface area contributed by atoms with E-state index >= 15 is 0 Å². The first-order valence-corrected chi connectivity index (χ1v) is 9.75. The van der Waals surface area contributed by atoms with Gasteiger partial charge in [-0.05, 0) is 45.1 Å². The van der Waals surface area contributed by atoms with Crippen molar-refractivity contribution in [3.05, 3.63) is 16.3 Å². The van der Waals surface area contributed by atoms with E-state index in [9.17, 15) is 23.1 Å². The van der Waals surface area contributed by atoms with Crippen LogP contribution in [0.15, 0.2) is 0 Å². The fourth-order valence-electron chi connectivity index (χ4n) is 3.69. The highest BCUT2D eigenvalue weighted by Crippen LogP contribution is 2.42. The molecule has 0 spiro atoms. The second kappa shape index (κ2) is 7.47. The summed E-state index contributed by atoms with van der Waals surface area (Å²) in [5.74, 6) is -1.14. The SMILES string of the molecule is COC(=O)c1sc2nc(C)nc(NCC3(O)CCCC(C(F)(F)F)C3)c2c1C. The summed E-state index contributed by atoms with van der Waals surface area (Å²) in [6.07, 6.45) is -4.02. The van der Waals surface area contributed by atoms with E-state index in [0.29, 0.717) is 38.7 Å². The molecule has 0 aromatic carbocycles. The zero-order chi connectivity index (χ0) is 20.7. The fourth-order valence-corrected chi connectivity index (χ4v) is 4.83. The molecule has 0 bridgehead atoms. The second-order valence-electron chi connectivity index (χ2n) is 7.26. The number of anilines is 1. The molecule has 1 aliphatic carbocycles. The van der Waals surface area contributed by atoms with Crippen molar-refractivity contribution < 1.29 is 27.8 Å². The number of esters is 1. The average Bonchev–Trinajstić information content (AvgIpc) is 2.95. The van der Waals surface area contributed by atoms with Crippen LogP contribution in [0.25, 0.3) is 10.2 Å². The minimum atomic E-state index is -4.31. The number of aryl methyl sites for hydroxylation is 2. The van der Waals surface area contributed by atoms with Crippen molar-refractivity contribution in [3.63, 3.8) is 0 Å². The van der Waals surface area contributed by atoms with Crippen molar-refractivity contribution in [1.29, 1.82) is 0 Å². The lowest BCUT2D eigenvalue weighted by atomic mass is 9.77. The van der Waals surface area contributed by atoms with Gasteiger partial charge in [0, 0.05) is 6.54 Å². The van der Waals surface area contributed by atoms with E-state index in [4.69, 9.17) is 4.74 Å². The molecule has 1 fully saturated rings. The van der Waals surface area contributed by atoms with Crippen LogP contribution in [0.5, 0.6) is 0 Å². The van der Waals surface area contributed by atoms with E-state index in [-0.39, 0.29) is 25.8 Å². The van der Waals surface area contributed by atoms with Crippen LogP contribution < -0.4 is 5.32 Å². The first-order valence-electron chi connectivity index (χ1n) is 8.93. The molecule has 2 aromatic heterocycles. The molecule has 28 heavy (non-hydrogen) atoms. The summed E-state index contributed by atoms with van der Waals surface area (Å²) in [5, 5.41) is 14.4. The summed E-state index contributed by atoms with van der Waals surface area (Å²) < 4.78 is 44.0. The predicted octanol–water partition coefficient (Wildman–Crippen LogP) is 3.99. The normalized spacial score (nSPS) is 23.0. The Morgan fingerprint density at radius 1 is 1.39 bits per heavy atom. The first-order chi connectivity index (χ1) is 13.0. The minimum absolute atomic E-state index is 0.0365. The molecule has 1 saturated carbocycles. The number of methoxy groups -OCH3 is 1. The lowest BCUT2D eigenvalue weighted by Gasteiger charge is -2.37. The number of aromatic nitrogens is 2. The van der Waals surface area contributed by atoms with Crippen molar-refractivity contribution in [3.8, 4) is 0 Å². The summed E-state index contributed by atoms with van der Waals surface area (Å²) in [6.45, 7) is 3.37. The summed E-state index contributed by atoms with van der Waals surface area (Å²) in [6, 6.07) is 0. The number of fused-ring (bicyclic) bond motifs is 1.